The summed E-state index contributed by atoms with van der Waals surface area (Å²) in [4.78, 5) is 0. The molecule has 0 aliphatic heterocycles. The van der Waals surface area contributed by atoms with E-state index in [2.05, 4.69) is 152 Å². The Bertz CT molecular complexity index is 1760. The van der Waals surface area contributed by atoms with Gasteiger partial charge in [-0.2, -0.15) is 0 Å². The van der Waals surface area contributed by atoms with Crippen molar-refractivity contribution < 1.29 is 45.2 Å². The van der Waals surface area contributed by atoms with Crippen molar-refractivity contribution in [2.45, 2.75) is 79.1 Å². The summed E-state index contributed by atoms with van der Waals surface area (Å²) in [5.41, 5.74) is 11.1. The van der Waals surface area contributed by atoms with Crippen molar-refractivity contribution in [2.75, 3.05) is 0 Å². The Morgan fingerprint density at radius 1 is 0.682 bits per heavy atom. The van der Waals surface area contributed by atoms with Crippen molar-refractivity contribution in [3.63, 3.8) is 0 Å². The van der Waals surface area contributed by atoms with Gasteiger partial charge in [0.05, 0.1) is 0 Å². The molecule has 0 heterocycles. The van der Waals surface area contributed by atoms with E-state index in [-0.39, 0.29) is 35.6 Å². The second-order valence-corrected chi connectivity index (χ2v) is 27.6. The molecule has 2 aliphatic carbocycles. The van der Waals surface area contributed by atoms with E-state index in [0.29, 0.717) is 0 Å². The number of benzene rings is 4. The molecule has 226 valence electrons. The molecule has 0 radical (unpaired) electrons. The second kappa shape index (κ2) is 13.4. The van der Waals surface area contributed by atoms with E-state index in [1.807, 2.05) is 0 Å². The summed E-state index contributed by atoms with van der Waals surface area (Å²) in [6.07, 6.45) is 9.46. The minimum absolute atomic E-state index is 0. The maximum absolute atomic E-state index is 2.57. The standard InChI is InChI=1S/C21H25.C14H14Si.C5H5.2ClH.Zr/c1-20(2,3)16-7-9-18-14(12-16)11-15-13-17(21(4,5)6)8-10-19(15)18;1-11-5-3-7-13(9-11)15-14-8-4-6-12(2)10-14;1-2-4-5-3-1;;;/h7-10,12H,11H2,1-6H3;3-10H,1-2H3;1-3H,4H2;2*1H;/q;;;;;+2/p-2. The van der Waals surface area contributed by atoms with Crippen molar-refractivity contribution in [1.82, 2.24) is 0 Å². The fourth-order valence-corrected chi connectivity index (χ4v) is 28.4. The Balaban J connectivity index is 0.00000221. The van der Waals surface area contributed by atoms with Crippen LogP contribution in [-0.4, -0.2) is 5.43 Å². The fourth-order valence-electron chi connectivity index (χ4n) is 6.79. The monoisotopic (exact) mass is 712 g/mol. The van der Waals surface area contributed by atoms with Crippen LogP contribution in [0.3, 0.4) is 0 Å². The average molecular weight is 715 g/mol. The second-order valence-electron chi connectivity index (χ2n) is 14.4. The SMILES string of the molecule is Cc1cccc([Si](c2cccc(C)c2)=[Zr+2]([C]2=CC=CC2)[c]2c(C(C)(C)C)ccc3c2Cc2cc(C(C)(C)C)ccc2-3)c1.[Cl-].[Cl-]. The summed E-state index contributed by atoms with van der Waals surface area (Å²) in [7, 11) is 0. The van der Waals surface area contributed by atoms with Crippen molar-refractivity contribution >= 4 is 19.1 Å². The molecule has 4 aromatic carbocycles. The molecular weight excluding hydrogens is 671 g/mol. The van der Waals surface area contributed by atoms with Gasteiger partial charge in [-0.3, -0.25) is 0 Å². The predicted molar refractivity (Wildman–Crippen MR) is 181 cm³/mol. The zero-order chi connectivity index (χ0) is 29.8. The zero-order valence-corrected chi connectivity index (χ0v) is 32.4. The summed E-state index contributed by atoms with van der Waals surface area (Å²) in [5.74, 6) is 0. The number of fused-ring (bicyclic) bond motifs is 3. The molecular formula is C40H44Cl2SiZr. The van der Waals surface area contributed by atoms with Crippen LogP contribution < -0.4 is 38.5 Å². The third-order valence-corrected chi connectivity index (χ3v) is 27.7. The molecule has 0 spiro atoms. The molecule has 0 fully saturated rings. The van der Waals surface area contributed by atoms with Crippen LogP contribution in [-0.2, 0) is 37.6 Å². The average Bonchev–Trinajstić information content (AvgIpc) is 3.58. The summed E-state index contributed by atoms with van der Waals surface area (Å²) in [6.45, 7) is 18.9. The van der Waals surface area contributed by atoms with Crippen LogP contribution in [0.2, 0.25) is 0 Å². The van der Waals surface area contributed by atoms with Gasteiger partial charge in [-0.25, -0.2) is 0 Å². The molecule has 0 N–H and O–H groups in total. The van der Waals surface area contributed by atoms with Gasteiger partial charge in [-0.1, -0.05) is 0 Å². The predicted octanol–water partition coefficient (Wildman–Crippen LogP) is 2.37. The van der Waals surface area contributed by atoms with Crippen molar-refractivity contribution in [2.24, 2.45) is 0 Å². The van der Waals surface area contributed by atoms with Gasteiger partial charge < -0.3 is 24.8 Å². The number of allylic oxidation sites excluding steroid dienone is 4. The molecule has 4 aromatic rings. The number of aryl methyl sites for hydroxylation is 2. The Labute approximate surface area is 286 Å². The molecule has 44 heavy (non-hydrogen) atoms. The van der Waals surface area contributed by atoms with E-state index >= 15 is 0 Å². The van der Waals surface area contributed by atoms with Crippen LogP contribution in [0.5, 0.6) is 0 Å². The van der Waals surface area contributed by atoms with Crippen molar-refractivity contribution in [1.29, 1.82) is 0 Å². The number of rotatable bonds is 4. The quantitative estimate of drug-likeness (QED) is 0.251. The van der Waals surface area contributed by atoms with E-state index in [1.54, 1.807) is 28.1 Å². The molecule has 0 saturated heterocycles. The smallest absolute Gasteiger partial charge is 1.00 e. The van der Waals surface area contributed by atoms with Crippen molar-refractivity contribution in [3.05, 3.63) is 134 Å². The molecule has 0 atom stereocenters. The first-order chi connectivity index (χ1) is 19.9. The molecule has 0 unspecified atom stereocenters. The van der Waals surface area contributed by atoms with Crippen LogP contribution in [0.15, 0.2) is 100 Å². The topological polar surface area (TPSA) is 0 Å². The summed E-state index contributed by atoms with van der Waals surface area (Å²) in [6, 6.07) is 31.4. The van der Waals surface area contributed by atoms with E-state index in [0.717, 1.165) is 12.8 Å². The first kappa shape index (κ1) is 34.9. The van der Waals surface area contributed by atoms with E-state index < -0.39 is 25.8 Å². The van der Waals surface area contributed by atoms with Gasteiger partial charge in [-0.05, 0) is 0 Å². The normalized spacial score (nSPS) is 13.2. The van der Waals surface area contributed by atoms with Gasteiger partial charge in [0.15, 0.2) is 0 Å². The molecule has 2 aliphatic rings. The fraction of sp³-hybridized carbons (Fsp3) is 0.300. The third-order valence-electron chi connectivity index (χ3n) is 8.96. The Morgan fingerprint density at radius 2 is 1.30 bits per heavy atom. The maximum Gasteiger partial charge on any atom is -1.00 e. The van der Waals surface area contributed by atoms with Gasteiger partial charge in [0.1, 0.15) is 0 Å². The number of hydrogen-bond acceptors (Lipinski definition) is 0. The van der Waals surface area contributed by atoms with Gasteiger partial charge in [-0.15, -0.1) is 0 Å². The Kier molecular flexibility index (Phi) is 10.6. The molecule has 0 nitrogen and oxygen atoms in total. The van der Waals surface area contributed by atoms with E-state index in [9.17, 15) is 0 Å². The van der Waals surface area contributed by atoms with Crippen LogP contribution in [0.4, 0.5) is 0 Å². The minimum Gasteiger partial charge on any atom is -1.00 e. The summed E-state index contributed by atoms with van der Waals surface area (Å²) < 4.78 is 3.56. The Hall–Kier alpha value is -1.96. The first-order valence-corrected chi connectivity index (χ1v) is 23.1. The largest absolute Gasteiger partial charge is 1.00 e. The van der Waals surface area contributed by atoms with Gasteiger partial charge in [0.25, 0.3) is 0 Å². The van der Waals surface area contributed by atoms with Crippen LogP contribution in [0.25, 0.3) is 11.1 Å². The van der Waals surface area contributed by atoms with Gasteiger partial charge >= 0.3 is 263 Å². The first-order valence-electron chi connectivity index (χ1n) is 15.5. The molecule has 0 aromatic heterocycles. The zero-order valence-electron chi connectivity index (χ0n) is 27.4. The Morgan fingerprint density at radius 3 is 1.82 bits per heavy atom. The third kappa shape index (κ3) is 6.76. The van der Waals surface area contributed by atoms with Crippen LogP contribution in [0.1, 0.15) is 81.3 Å². The molecule has 6 rings (SSSR count). The molecule has 0 bridgehead atoms. The molecule has 0 amide bonds. The molecule has 0 saturated carbocycles. The van der Waals surface area contributed by atoms with E-state index in [4.69, 9.17) is 0 Å². The van der Waals surface area contributed by atoms with Gasteiger partial charge in [0, 0.05) is 0 Å². The molecule has 4 heteroatoms. The van der Waals surface area contributed by atoms with Gasteiger partial charge in [0.2, 0.25) is 0 Å². The maximum atomic E-state index is 2.52. The number of hydrogen-bond donors (Lipinski definition) is 0. The number of halogens is 2. The van der Waals surface area contributed by atoms with E-state index in [1.165, 1.54) is 33.4 Å². The minimum atomic E-state index is -2.57. The van der Waals surface area contributed by atoms with Crippen molar-refractivity contribution in [3.8, 4) is 11.1 Å². The van der Waals surface area contributed by atoms with Crippen LogP contribution >= 0.6 is 0 Å². The summed E-state index contributed by atoms with van der Waals surface area (Å²) in [5, 5.41) is 3.19. The van der Waals surface area contributed by atoms with Crippen LogP contribution in [0, 0.1) is 13.8 Å². The summed E-state index contributed by atoms with van der Waals surface area (Å²) >= 11 is -2.57.